The zero-order valence-corrected chi connectivity index (χ0v) is 36.3. The van der Waals surface area contributed by atoms with Gasteiger partial charge in [0.2, 0.25) is 17.9 Å². The maximum Gasteiger partial charge on any atom is 0.392 e. The summed E-state index contributed by atoms with van der Waals surface area (Å²) in [6, 6.07) is 15.9. The molecule has 4 bridgehead atoms. The van der Waals surface area contributed by atoms with Crippen molar-refractivity contribution >= 4 is 50.7 Å². The Hall–Kier alpha value is -5.95. The summed E-state index contributed by atoms with van der Waals surface area (Å²) in [4.78, 5) is 52.3. The van der Waals surface area contributed by atoms with Crippen molar-refractivity contribution < 1.29 is 46.5 Å². The zero-order valence-electron chi connectivity index (χ0n) is 34.7. The van der Waals surface area contributed by atoms with Gasteiger partial charge in [-0.05, 0) is 72.1 Å². The topological polar surface area (TPSA) is 143 Å². The summed E-state index contributed by atoms with van der Waals surface area (Å²) < 4.78 is 70.1. The number of amides is 1. The number of ether oxygens (including phenoxy) is 3. The SMILES string of the molecule is Cc1c2ccc(c1Cl)N(CCN1CCN(C)CC1)C(=O)Cc1ccc(OCc3ccnc(OCCC(F)(F)F)n3)c(c1)C[C@H](C(=O)O)Oc1ncnc3sc(-c4ccc(F)cc4)c-2c13. The van der Waals surface area contributed by atoms with Crippen LogP contribution >= 0.6 is 22.9 Å². The highest BCUT2D eigenvalue weighted by molar-refractivity contribution is 7.22. The molecular formula is C45H42ClF4N7O6S. The highest BCUT2D eigenvalue weighted by Gasteiger charge is 2.31. The molecule has 3 aliphatic heterocycles. The normalized spacial score (nSPS) is 16.3. The van der Waals surface area contributed by atoms with E-state index in [4.69, 9.17) is 25.8 Å². The monoisotopic (exact) mass is 919 g/mol. The van der Waals surface area contributed by atoms with Gasteiger partial charge in [-0.1, -0.05) is 41.9 Å². The first-order valence-electron chi connectivity index (χ1n) is 20.4. The number of hydrogen-bond donors (Lipinski definition) is 1. The number of rotatable bonds is 11. The van der Waals surface area contributed by atoms with E-state index in [2.05, 4.69) is 36.8 Å². The van der Waals surface area contributed by atoms with Crippen LogP contribution in [0.5, 0.6) is 17.6 Å². The third-order valence-corrected chi connectivity index (χ3v) is 12.7. The summed E-state index contributed by atoms with van der Waals surface area (Å²) in [5.41, 5.74) is 4.30. The summed E-state index contributed by atoms with van der Waals surface area (Å²) in [6.07, 6.45) is -4.85. The lowest BCUT2D eigenvalue weighted by molar-refractivity contribution is -0.145. The van der Waals surface area contributed by atoms with Crippen LogP contribution in [0.4, 0.5) is 23.2 Å². The molecule has 1 atom stereocenters. The number of carbonyl (C=O) groups is 2. The highest BCUT2D eigenvalue weighted by atomic mass is 35.5. The van der Waals surface area contributed by atoms with Gasteiger partial charge in [-0.3, -0.25) is 9.69 Å². The van der Waals surface area contributed by atoms with Gasteiger partial charge < -0.3 is 29.1 Å². The van der Waals surface area contributed by atoms with E-state index in [1.165, 1.54) is 42.1 Å². The van der Waals surface area contributed by atoms with Gasteiger partial charge in [-0.2, -0.15) is 18.2 Å². The lowest BCUT2D eigenvalue weighted by atomic mass is 9.95. The van der Waals surface area contributed by atoms with Crippen LogP contribution in [0.3, 0.4) is 0 Å². The molecule has 0 aliphatic carbocycles. The summed E-state index contributed by atoms with van der Waals surface area (Å²) in [5.74, 6) is -1.75. The van der Waals surface area contributed by atoms with Crippen LogP contribution in [-0.2, 0) is 29.0 Å². The van der Waals surface area contributed by atoms with Crippen molar-refractivity contribution in [3.8, 4) is 39.2 Å². The highest BCUT2D eigenvalue weighted by Crippen LogP contribution is 2.49. The van der Waals surface area contributed by atoms with Crippen molar-refractivity contribution in [2.24, 2.45) is 0 Å². The average molecular weight is 920 g/mol. The molecule has 6 heterocycles. The second-order valence-electron chi connectivity index (χ2n) is 15.5. The minimum absolute atomic E-state index is 0.00894. The first kappa shape index (κ1) is 44.6. The molecule has 1 amide bonds. The van der Waals surface area contributed by atoms with E-state index in [0.717, 1.165) is 26.2 Å². The predicted octanol–water partition coefficient (Wildman–Crippen LogP) is 8.04. The number of hydrogen-bond acceptors (Lipinski definition) is 12. The lowest BCUT2D eigenvalue weighted by Gasteiger charge is -2.34. The molecule has 3 aromatic carbocycles. The molecular weight excluding hydrogens is 878 g/mol. The minimum Gasteiger partial charge on any atom is -0.487 e. The quantitative estimate of drug-likeness (QED) is 0.126. The molecule has 1 fully saturated rings. The number of nitrogens with zero attached hydrogens (tertiary/aromatic N) is 7. The minimum atomic E-state index is -4.42. The third-order valence-electron chi connectivity index (χ3n) is 11.1. The number of thiophene rings is 1. The van der Waals surface area contributed by atoms with Gasteiger partial charge in [0.25, 0.3) is 0 Å². The van der Waals surface area contributed by atoms with E-state index in [9.17, 15) is 32.3 Å². The van der Waals surface area contributed by atoms with Gasteiger partial charge in [0.1, 0.15) is 35.9 Å². The fourth-order valence-electron chi connectivity index (χ4n) is 7.66. The Morgan fingerprint density at radius 1 is 1.00 bits per heavy atom. The van der Waals surface area contributed by atoms with Crippen LogP contribution < -0.4 is 19.1 Å². The van der Waals surface area contributed by atoms with Crippen LogP contribution in [0.25, 0.3) is 31.8 Å². The fraction of sp³-hybridized carbons (Fsp3) is 0.333. The van der Waals surface area contributed by atoms with Crippen LogP contribution in [0, 0.1) is 12.7 Å². The van der Waals surface area contributed by atoms with Crippen LogP contribution in [0.2, 0.25) is 5.02 Å². The van der Waals surface area contributed by atoms with Crippen LogP contribution in [0.15, 0.2) is 73.2 Å². The van der Waals surface area contributed by atoms with Gasteiger partial charge in [0.15, 0.2) is 0 Å². The molecule has 0 spiro atoms. The number of carboxylic acids is 1. The first-order chi connectivity index (χ1) is 30.7. The molecule has 1 saturated heterocycles. The number of benzene rings is 3. The Labute approximate surface area is 374 Å². The summed E-state index contributed by atoms with van der Waals surface area (Å²) in [6.45, 7) is 5.39. The Morgan fingerprint density at radius 3 is 2.53 bits per heavy atom. The average Bonchev–Trinajstić information content (AvgIpc) is 3.65. The number of anilines is 1. The number of halogens is 5. The maximum atomic E-state index is 14.6. The smallest absolute Gasteiger partial charge is 0.392 e. The Kier molecular flexibility index (Phi) is 13.3. The van der Waals surface area contributed by atoms with E-state index in [1.807, 2.05) is 19.1 Å². The standard InChI is InChI=1S/C45H42ClF4N7O6S/c1-26-32-8-9-33(39(26)46)57(19-18-56-16-14-55(2)15-17-56)36(58)22-27-3-10-34(62-24-31-11-13-51-44(54-31)61-20-12-45(48,49)50)29(21-27)23-35(43(59)60)63-41-38-37(32)40(64-42(38)53-25-52-41)28-4-6-30(47)7-5-28/h3-11,13,21,25,35H,12,14-20,22-24H2,1-2H3,(H,59,60)/t35-/m1/s1. The van der Waals surface area contributed by atoms with Crippen molar-refractivity contribution in [1.29, 1.82) is 0 Å². The molecule has 3 aliphatic rings. The van der Waals surface area contributed by atoms with Crippen molar-refractivity contribution in [2.75, 3.05) is 57.8 Å². The van der Waals surface area contributed by atoms with Gasteiger partial charge >= 0.3 is 18.2 Å². The number of aliphatic carboxylic acids is 1. The summed E-state index contributed by atoms with van der Waals surface area (Å²) in [5, 5.41) is 11.5. The molecule has 334 valence electrons. The van der Waals surface area contributed by atoms with Crippen LogP contribution in [0.1, 0.15) is 28.8 Å². The summed E-state index contributed by atoms with van der Waals surface area (Å²) in [7, 11) is 2.08. The molecule has 1 N–H and O–H groups in total. The number of piperazine rings is 1. The van der Waals surface area contributed by atoms with E-state index in [1.54, 1.807) is 35.2 Å². The Bertz CT molecular complexity index is 2680. The van der Waals surface area contributed by atoms with E-state index < -0.39 is 37.1 Å². The number of aromatic nitrogens is 4. The number of carboxylic acid groups (broad SMARTS) is 1. The zero-order chi connectivity index (χ0) is 45.1. The molecule has 64 heavy (non-hydrogen) atoms. The van der Waals surface area contributed by atoms with Crippen molar-refractivity contribution in [3.63, 3.8) is 0 Å². The second kappa shape index (κ2) is 19.0. The molecule has 0 radical (unpaired) electrons. The van der Waals surface area contributed by atoms with Crippen LogP contribution in [-0.4, -0.2) is 112 Å². The molecule has 13 nitrogen and oxygen atoms in total. The maximum absolute atomic E-state index is 14.6. The second-order valence-corrected chi connectivity index (χ2v) is 16.9. The van der Waals surface area contributed by atoms with Gasteiger partial charge in [0.05, 0.1) is 34.6 Å². The van der Waals surface area contributed by atoms with Crippen molar-refractivity contribution in [2.45, 2.75) is 45.1 Å². The largest absolute Gasteiger partial charge is 0.487 e. The van der Waals surface area contributed by atoms with Gasteiger partial charge in [-0.25, -0.2) is 24.1 Å². The molecule has 9 rings (SSSR count). The predicted molar refractivity (Wildman–Crippen MR) is 233 cm³/mol. The lowest BCUT2D eigenvalue weighted by Crippen LogP contribution is -2.48. The van der Waals surface area contributed by atoms with E-state index in [-0.39, 0.29) is 48.7 Å². The molecule has 6 aromatic rings. The number of carbonyl (C=O) groups excluding carboxylic acids is 1. The molecule has 0 saturated carbocycles. The number of fused-ring (bicyclic) bond motifs is 6. The summed E-state index contributed by atoms with van der Waals surface area (Å²) >= 11 is 8.62. The number of likely N-dealkylation sites (N-methyl/N-ethyl adjacent to an activating group) is 1. The fourth-order valence-corrected chi connectivity index (χ4v) is 9.08. The molecule has 0 unspecified atom stereocenters. The van der Waals surface area contributed by atoms with Gasteiger partial charge in [0, 0.05) is 62.3 Å². The first-order valence-corrected chi connectivity index (χ1v) is 21.6. The Morgan fingerprint density at radius 2 is 1.78 bits per heavy atom. The van der Waals surface area contributed by atoms with E-state index >= 15 is 0 Å². The van der Waals surface area contributed by atoms with E-state index in [0.29, 0.717) is 72.3 Å². The number of alkyl halides is 3. The Balaban J connectivity index is 1.22. The van der Waals surface area contributed by atoms with Gasteiger partial charge in [-0.15, -0.1) is 11.3 Å². The molecule has 3 aromatic heterocycles. The van der Waals surface area contributed by atoms with Crippen molar-refractivity contribution in [3.05, 3.63) is 106 Å². The van der Waals surface area contributed by atoms with Crippen molar-refractivity contribution in [1.82, 2.24) is 29.7 Å². The third kappa shape index (κ3) is 10.2. The molecule has 19 heteroatoms.